The van der Waals surface area contributed by atoms with Crippen LogP contribution in [0, 0.1) is 0 Å². The zero-order valence-corrected chi connectivity index (χ0v) is 18.2. The second kappa shape index (κ2) is 9.69. The number of amides is 1. The van der Waals surface area contributed by atoms with Crippen LogP contribution in [0.5, 0.6) is 5.75 Å². The normalized spacial score (nSPS) is 11.2. The van der Waals surface area contributed by atoms with Crippen LogP contribution in [0.25, 0.3) is 33.1 Å². The summed E-state index contributed by atoms with van der Waals surface area (Å²) in [6.07, 6.45) is 5.69. The van der Waals surface area contributed by atoms with Crippen molar-refractivity contribution in [3.05, 3.63) is 76.5 Å². The molecule has 0 aliphatic rings. The maximum Gasteiger partial charge on any atom is 0.251 e. The SMILES string of the molecule is CCCCCCCNC(=O)c1ccc(-c2oc3cc4ccccc4cc3c(=O)c2O)cc1. The van der Waals surface area contributed by atoms with Gasteiger partial charge in [0.25, 0.3) is 5.91 Å². The summed E-state index contributed by atoms with van der Waals surface area (Å²) < 4.78 is 5.93. The van der Waals surface area contributed by atoms with E-state index in [0.717, 1.165) is 23.6 Å². The van der Waals surface area contributed by atoms with Crippen molar-refractivity contribution in [3.8, 4) is 17.1 Å². The Morgan fingerprint density at radius 3 is 2.34 bits per heavy atom. The Hall–Kier alpha value is -3.60. The van der Waals surface area contributed by atoms with Crippen molar-refractivity contribution in [2.75, 3.05) is 6.54 Å². The van der Waals surface area contributed by atoms with Crippen molar-refractivity contribution in [1.29, 1.82) is 0 Å². The topological polar surface area (TPSA) is 79.5 Å². The van der Waals surface area contributed by atoms with Gasteiger partial charge < -0.3 is 14.8 Å². The lowest BCUT2D eigenvalue weighted by atomic mass is 10.0. The van der Waals surface area contributed by atoms with Gasteiger partial charge in [0.15, 0.2) is 5.76 Å². The summed E-state index contributed by atoms with van der Waals surface area (Å²) in [6.45, 7) is 2.83. The van der Waals surface area contributed by atoms with Crippen LogP contribution in [0.15, 0.2) is 69.9 Å². The van der Waals surface area contributed by atoms with Gasteiger partial charge in [0.2, 0.25) is 11.2 Å². The number of hydrogen-bond donors (Lipinski definition) is 2. The number of hydrogen-bond acceptors (Lipinski definition) is 4. The number of unbranched alkanes of at least 4 members (excludes halogenated alkanes) is 4. The minimum Gasteiger partial charge on any atom is -0.502 e. The number of carbonyl (C=O) groups is 1. The van der Waals surface area contributed by atoms with Crippen molar-refractivity contribution in [2.24, 2.45) is 0 Å². The van der Waals surface area contributed by atoms with E-state index in [1.54, 1.807) is 36.4 Å². The zero-order valence-electron chi connectivity index (χ0n) is 18.2. The predicted octanol–water partition coefficient (Wildman–Crippen LogP) is 6.02. The molecule has 0 aliphatic carbocycles. The number of rotatable bonds is 8. The monoisotopic (exact) mass is 429 g/mol. The number of nitrogens with one attached hydrogen (secondary N) is 1. The third kappa shape index (κ3) is 4.52. The molecule has 0 aliphatic heterocycles. The maximum absolute atomic E-state index is 12.8. The third-order valence-corrected chi connectivity index (χ3v) is 5.71. The zero-order chi connectivity index (χ0) is 22.5. The van der Waals surface area contributed by atoms with Gasteiger partial charge in [-0.25, -0.2) is 0 Å². The van der Waals surface area contributed by atoms with E-state index in [2.05, 4.69) is 12.2 Å². The second-order valence-electron chi connectivity index (χ2n) is 8.05. The smallest absolute Gasteiger partial charge is 0.251 e. The van der Waals surface area contributed by atoms with Crippen LogP contribution in [0.3, 0.4) is 0 Å². The largest absolute Gasteiger partial charge is 0.502 e. The van der Waals surface area contributed by atoms with E-state index < -0.39 is 11.2 Å². The van der Waals surface area contributed by atoms with Gasteiger partial charge in [0, 0.05) is 17.7 Å². The Labute approximate surface area is 186 Å². The number of fused-ring (bicyclic) bond motifs is 2. The van der Waals surface area contributed by atoms with E-state index in [1.165, 1.54) is 19.3 Å². The van der Waals surface area contributed by atoms with Gasteiger partial charge in [-0.05, 0) is 41.5 Å². The standard InChI is InChI=1S/C27H27NO4/c1-2-3-4-5-8-15-28-27(31)19-13-11-18(12-14-19)26-25(30)24(29)22-16-20-9-6-7-10-21(20)17-23(22)32-26/h6-7,9-14,16-17,30H,2-5,8,15H2,1H3,(H,28,31). The van der Waals surface area contributed by atoms with Gasteiger partial charge >= 0.3 is 0 Å². The van der Waals surface area contributed by atoms with E-state index in [1.807, 2.05) is 24.3 Å². The molecule has 5 heteroatoms. The molecule has 0 radical (unpaired) electrons. The van der Waals surface area contributed by atoms with Crippen LogP contribution in [0.1, 0.15) is 49.4 Å². The van der Waals surface area contributed by atoms with Crippen LogP contribution in [0.2, 0.25) is 0 Å². The van der Waals surface area contributed by atoms with Gasteiger partial charge in [0.1, 0.15) is 5.58 Å². The molecule has 0 atom stereocenters. The number of carbonyl (C=O) groups excluding carboxylic acids is 1. The molecule has 3 aromatic carbocycles. The van der Waals surface area contributed by atoms with E-state index in [0.29, 0.717) is 28.6 Å². The Morgan fingerprint density at radius 1 is 0.938 bits per heavy atom. The fourth-order valence-electron chi connectivity index (χ4n) is 3.87. The second-order valence-corrected chi connectivity index (χ2v) is 8.05. The fraction of sp³-hybridized carbons (Fsp3) is 0.259. The molecule has 0 unspecified atom stereocenters. The minimum atomic E-state index is -0.475. The molecule has 0 saturated heterocycles. The van der Waals surface area contributed by atoms with Gasteiger partial charge in [0.05, 0.1) is 5.39 Å². The average Bonchev–Trinajstić information content (AvgIpc) is 2.82. The van der Waals surface area contributed by atoms with E-state index in [9.17, 15) is 14.7 Å². The van der Waals surface area contributed by atoms with Crippen molar-refractivity contribution < 1.29 is 14.3 Å². The summed E-state index contributed by atoms with van der Waals surface area (Å²) in [5.41, 5.74) is 0.991. The molecular formula is C27H27NO4. The van der Waals surface area contributed by atoms with Crippen molar-refractivity contribution in [1.82, 2.24) is 5.32 Å². The molecule has 0 spiro atoms. The Morgan fingerprint density at radius 2 is 1.62 bits per heavy atom. The lowest BCUT2D eigenvalue weighted by molar-refractivity contribution is 0.0953. The summed E-state index contributed by atoms with van der Waals surface area (Å²) in [5, 5.41) is 15.6. The Balaban J connectivity index is 1.55. The van der Waals surface area contributed by atoms with Gasteiger partial charge in [-0.1, -0.05) is 69.0 Å². The predicted molar refractivity (Wildman–Crippen MR) is 128 cm³/mol. The molecule has 0 bridgehead atoms. The quantitative estimate of drug-likeness (QED) is 0.265. The molecule has 0 fully saturated rings. The van der Waals surface area contributed by atoms with Crippen molar-refractivity contribution in [3.63, 3.8) is 0 Å². The molecule has 1 amide bonds. The maximum atomic E-state index is 12.8. The molecule has 4 rings (SSSR count). The Bertz CT molecular complexity index is 1310. The van der Waals surface area contributed by atoms with E-state index >= 15 is 0 Å². The van der Waals surface area contributed by atoms with E-state index in [4.69, 9.17) is 4.42 Å². The molecule has 4 aromatic rings. The summed E-state index contributed by atoms with van der Waals surface area (Å²) in [6, 6.07) is 17.9. The third-order valence-electron chi connectivity index (χ3n) is 5.71. The van der Waals surface area contributed by atoms with E-state index in [-0.39, 0.29) is 11.7 Å². The van der Waals surface area contributed by atoms with Crippen LogP contribution in [0.4, 0.5) is 0 Å². The minimum absolute atomic E-state index is 0.0978. The van der Waals surface area contributed by atoms with Crippen LogP contribution < -0.4 is 10.7 Å². The molecule has 0 saturated carbocycles. The Kier molecular flexibility index (Phi) is 6.55. The first-order valence-electron chi connectivity index (χ1n) is 11.2. The highest BCUT2D eigenvalue weighted by Gasteiger charge is 2.16. The summed E-state index contributed by atoms with van der Waals surface area (Å²) in [4.78, 5) is 25.1. The molecule has 1 aromatic heterocycles. The molecule has 5 nitrogen and oxygen atoms in total. The molecule has 2 N–H and O–H groups in total. The highest BCUT2D eigenvalue weighted by atomic mass is 16.4. The number of aromatic hydroxyl groups is 1. The van der Waals surface area contributed by atoms with Crippen LogP contribution in [-0.2, 0) is 0 Å². The first-order valence-corrected chi connectivity index (χ1v) is 11.2. The molecule has 1 heterocycles. The first kappa shape index (κ1) is 21.6. The van der Waals surface area contributed by atoms with Crippen LogP contribution in [-0.4, -0.2) is 17.6 Å². The average molecular weight is 430 g/mol. The first-order chi connectivity index (χ1) is 15.6. The highest BCUT2D eigenvalue weighted by molar-refractivity contribution is 5.97. The molecular weight excluding hydrogens is 402 g/mol. The molecule has 32 heavy (non-hydrogen) atoms. The van der Waals surface area contributed by atoms with Gasteiger partial charge in [-0.15, -0.1) is 0 Å². The number of benzene rings is 3. The van der Waals surface area contributed by atoms with Crippen LogP contribution >= 0.6 is 0 Å². The summed E-state index contributed by atoms with van der Waals surface area (Å²) in [7, 11) is 0. The lowest BCUT2D eigenvalue weighted by Gasteiger charge is -2.09. The summed E-state index contributed by atoms with van der Waals surface area (Å²) >= 11 is 0. The lowest BCUT2D eigenvalue weighted by Crippen LogP contribution is -2.24. The molecule has 164 valence electrons. The fourth-order valence-corrected chi connectivity index (χ4v) is 3.87. The highest BCUT2D eigenvalue weighted by Crippen LogP contribution is 2.31. The van der Waals surface area contributed by atoms with Crippen molar-refractivity contribution >= 4 is 27.6 Å². The van der Waals surface area contributed by atoms with Gasteiger partial charge in [-0.3, -0.25) is 9.59 Å². The van der Waals surface area contributed by atoms with Crippen molar-refractivity contribution in [2.45, 2.75) is 39.0 Å². The summed E-state index contributed by atoms with van der Waals surface area (Å²) in [5.74, 6) is -0.472. The van der Waals surface area contributed by atoms with Gasteiger partial charge in [-0.2, -0.15) is 0 Å².